The number of carbonyl (C=O) groups is 2. The number of likely N-dealkylation sites (tertiary alicyclic amines) is 1. The summed E-state index contributed by atoms with van der Waals surface area (Å²) in [5, 5.41) is 3.15. The van der Waals surface area contributed by atoms with Crippen LogP contribution in [0.25, 0.3) is 10.9 Å². The van der Waals surface area contributed by atoms with E-state index < -0.39 is 0 Å². The van der Waals surface area contributed by atoms with E-state index in [1.807, 2.05) is 18.2 Å². The smallest absolute Gasteiger partial charge is 0.260 e. The van der Waals surface area contributed by atoms with E-state index in [-0.39, 0.29) is 35.8 Å². The van der Waals surface area contributed by atoms with Crippen molar-refractivity contribution >= 4 is 28.7 Å². The van der Waals surface area contributed by atoms with Crippen molar-refractivity contribution in [1.82, 2.24) is 14.9 Å². The fraction of sp³-hybridized carbons (Fsp3) is 0.273. The van der Waals surface area contributed by atoms with Gasteiger partial charge in [0, 0.05) is 13.1 Å². The fourth-order valence-corrected chi connectivity index (χ4v) is 3.54. The van der Waals surface area contributed by atoms with Gasteiger partial charge in [0.1, 0.15) is 5.75 Å². The second-order valence-electron chi connectivity index (χ2n) is 7.20. The molecule has 8 nitrogen and oxygen atoms in total. The largest absolute Gasteiger partial charge is 0.484 e. The van der Waals surface area contributed by atoms with Crippen molar-refractivity contribution in [2.45, 2.75) is 12.8 Å². The summed E-state index contributed by atoms with van der Waals surface area (Å²) in [4.78, 5) is 45.9. The Morgan fingerprint density at radius 1 is 1.13 bits per heavy atom. The van der Waals surface area contributed by atoms with Crippen LogP contribution in [0.3, 0.4) is 0 Å². The third kappa shape index (κ3) is 4.48. The maximum atomic E-state index is 12.7. The summed E-state index contributed by atoms with van der Waals surface area (Å²) < 4.78 is 5.52. The van der Waals surface area contributed by atoms with Crippen molar-refractivity contribution in [2.75, 3.05) is 25.0 Å². The van der Waals surface area contributed by atoms with E-state index >= 15 is 0 Å². The third-order valence-corrected chi connectivity index (χ3v) is 5.10. The first-order valence-electron chi connectivity index (χ1n) is 9.86. The van der Waals surface area contributed by atoms with E-state index in [9.17, 15) is 14.4 Å². The van der Waals surface area contributed by atoms with Crippen molar-refractivity contribution in [3.05, 3.63) is 65.0 Å². The topological polar surface area (TPSA) is 104 Å². The van der Waals surface area contributed by atoms with Gasteiger partial charge < -0.3 is 9.64 Å². The Bertz CT molecular complexity index is 1110. The van der Waals surface area contributed by atoms with Crippen molar-refractivity contribution < 1.29 is 14.3 Å². The van der Waals surface area contributed by atoms with Crippen LogP contribution in [0.5, 0.6) is 5.75 Å². The van der Waals surface area contributed by atoms with Gasteiger partial charge in [0.25, 0.3) is 11.5 Å². The van der Waals surface area contributed by atoms with Crippen LogP contribution in [0.15, 0.2) is 59.4 Å². The molecular formula is C22H22N4O4. The SMILES string of the molecule is O=C(Nc1nc2ccccc2c(=O)[nH]1)C1CCCN(C(=O)COc2ccccc2)C1. The number of hydrogen-bond donors (Lipinski definition) is 2. The molecule has 154 valence electrons. The van der Waals surface area contributed by atoms with Crippen LogP contribution >= 0.6 is 0 Å². The summed E-state index contributed by atoms with van der Waals surface area (Å²) in [6, 6.07) is 16.1. The average Bonchev–Trinajstić information content (AvgIpc) is 2.78. The maximum absolute atomic E-state index is 12.7. The first-order valence-corrected chi connectivity index (χ1v) is 9.86. The van der Waals surface area contributed by atoms with Gasteiger partial charge in [0.2, 0.25) is 11.9 Å². The minimum absolute atomic E-state index is 0.0715. The normalized spacial score (nSPS) is 16.3. The molecule has 3 aromatic rings. The molecule has 0 bridgehead atoms. The molecule has 0 saturated carbocycles. The molecule has 2 N–H and O–H groups in total. The van der Waals surface area contributed by atoms with Gasteiger partial charge >= 0.3 is 0 Å². The van der Waals surface area contributed by atoms with Gasteiger partial charge in [0.05, 0.1) is 16.8 Å². The predicted molar refractivity (Wildman–Crippen MR) is 112 cm³/mol. The number of anilines is 1. The standard InChI is InChI=1S/C22H22N4O4/c27-19(14-30-16-8-2-1-3-9-16)26-12-6-7-15(13-26)20(28)24-22-23-18-11-5-4-10-17(18)21(29)25-22/h1-5,8-11,15H,6-7,12-14H2,(H2,23,24,25,28,29). The van der Waals surface area contributed by atoms with E-state index in [2.05, 4.69) is 15.3 Å². The zero-order valence-electron chi connectivity index (χ0n) is 16.3. The molecule has 1 aromatic heterocycles. The van der Waals surface area contributed by atoms with Gasteiger partial charge in [-0.05, 0) is 37.1 Å². The number of para-hydroxylation sites is 2. The number of nitrogens with zero attached hydrogens (tertiary/aromatic N) is 2. The van der Waals surface area contributed by atoms with Gasteiger partial charge in [-0.1, -0.05) is 30.3 Å². The summed E-state index contributed by atoms with van der Waals surface area (Å²) in [5.74, 6) is -0.0669. The lowest BCUT2D eigenvalue weighted by Crippen LogP contribution is -2.45. The number of fused-ring (bicyclic) bond motifs is 1. The third-order valence-electron chi connectivity index (χ3n) is 5.10. The van der Waals surface area contributed by atoms with Gasteiger partial charge in [-0.3, -0.25) is 24.7 Å². The lowest BCUT2D eigenvalue weighted by Gasteiger charge is -2.31. The summed E-state index contributed by atoms with van der Waals surface area (Å²) in [6.07, 6.45) is 1.38. The molecule has 1 aliphatic rings. The highest BCUT2D eigenvalue weighted by molar-refractivity contribution is 5.92. The fourth-order valence-electron chi connectivity index (χ4n) is 3.54. The second-order valence-corrected chi connectivity index (χ2v) is 7.20. The van der Waals surface area contributed by atoms with Crippen molar-refractivity contribution in [2.24, 2.45) is 5.92 Å². The Morgan fingerprint density at radius 2 is 1.90 bits per heavy atom. The Balaban J connectivity index is 1.37. The summed E-state index contributed by atoms with van der Waals surface area (Å²) in [5.41, 5.74) is 0.199. The Labute approximate surface area is 172 Å². The molecule has 1 unspecified atom stereocenters. The number of carbonyl (C=O) groups excluding carboxylic acids is 2. The molecule has 0 radical (unpaired) electrons. The van der Waals surface area contributed by atoms with Gasteiger partial charge in [-0.25, -0.2) is 4.98 Å². The molecule has 2 aromatic carbocycles. The molecule has 30 heavy (non-hydrogen) atoms. The first-order chi connectivity index (χ1) is 14.6. The number of nitrogens with one attached hydrogen (secondary N) is 2. The quantitative estimate of drug-likeness (QED) is 0.676. The number of hydrogen-bond acceptors (Lipinski definition) is 5. The number of amides is 2. The van der Waals surface area contributed by atoms with Crippen molar-refractivity contribution in [1.29, 1.82) is 0 Å². The molecule has 0 aliphatic carbocycles. The zero-order valence-corrected chi connectivity index (χ0v) is 16.3. The molecule has 8 heteroatoms. The Hall–Kier alpha value is -3.68. The molecule has 2 amide bonds. The van der Waals surface area contributed by atoms with Crippen LogP contribution in [0, 0.1) is 5.92 Å². The van der Waals surface area contributed by atoms with E-state index in [0.29, 0.717) is 36.2 Å². The van der Waals surface area contributed by atoms with Crippen LogP contribution in [0.4, 0.5) is 5.95 Å². The second kappa shape index (κ2) is 8.77. The van der Waals surface area contributed by atoms with Crippen molar-refractivity contribution in [3.8, 4) is 5.75 Å². The number of aromatic amines is 1. The minimum Gasteiger partial charge on any atom is -0.484 e. The highest BCUT2D eigenvalue weighted by Crippen LogP contribution is 2.19. The number of piperidine rings is 1. The van der Waals surface area contributed by atoms with Gasteiger partial charge in [-0.15, -0.1) is 0 Å². The van der Waals surface area contributed by atoms with Crippen LogP contribution in [-0.2, 0) is 9.59 Å². The highest BCUT2D eigenvalue weighted by Gasteiger charge is 2.29. The summed E-state index contributed by atoms with van der Waals surface area (Å²) in [6.45, 7) is 0.824. The lowest BCUT2D eigenvalue weighted by molar-refractivity contribution is -0.136. The van der Waals surface area contributed by atoms with E-state index in [1.165, 1.54) is 0 Å². The zero-order chi connectivity index (χ0) is 20.9. The molecule has 1 aliphatic heterocycles. The summed E-state index contributed by atoms with van der Waals surface area (Å²) in [7, 11) is 0. The molecule has 0 spiro atoms. The number of ether oxygens (including phenoxy) is 1. The van der Waals surface area contributed by atoms with Crippen LogP contribution < -0.4 is 15.6 Å². The summed E-state index contributed by atoms with van der Waals surface area (Å²) >= 11 is 0. The molecule has 2 heterocycles. The Morgan fingerprint density at radius 3 is 2.73 bits per heavy atom. The molecule has 1 atom stereocenters. The van der Waals surface area contributed by atoms with E-state index in [0.717, 1.165) is 6.42 Å². The van der Waals surface area contributed by atoms with Gasteiger partial charge in [0.15, 0.2) is 6.61 Å². The van der Waals surface area contributed by atoms with Crippen molar-refractivity contribution in [3.63, 3.8) is 0 Å². The Kier molecular flexibility index (Phi) is 5.74. The minimum atomic E-state index is -0.379. The maximum Gasteiger partial charge on any atom is 0.260 e. The van der Waals surface area contributed by atoms with Gasteiger partial charge in [-0.2, -0.15) is 0 Å². The van der Waals surface area contributed by atoms with E-state index in [4.69, 9.17) is 4.74 Å². The van der Waals surface area contributed by atoms with Crippen LogP contribution in [-0.4, -0.2) is 46.4 Å². The lowest BCUT2D eigenvalue weighted by atomic mass is 9.97. The molecule has 1 saturated heterocycles. The number of rotatable bonds is 5. The monoisotopic (exact) mass is 406 g/mol. The molecular weight excluding hydrogens is 384 g/mol. The van der Waals surface area contributed by atoms with E-state index in [1.54, 1.807) is 41.3 Å². The first kappa shape index (κ1) is 19.6. The number of aromatic nitrogens is 2. The molecule has 1 fully saturated rings. The van der Waals surface area contributed by atoms with Crippen LogP contribution in [0.2, 0.25) is 0 Å². The molecule has 4 rings (SSSR count). The number of H-pyrrole nitrogens is 1. The van der Waals surface area contributed by atoms with Crippen LogP contribution in [0.1, 0.15) is 12.8 Å². The average molecular weight is 406 g/mol. The highest BCUT2D eigenvalue weighted by atomic mass is 16.5. The predicted octanol–water partition coefficient (Wildman–Crippen LogP) is 2.18. The number of benzene rings is 2.